The molecule has 1 N–H and O–H groups in total. The normalized spacial score (nSPS) is 19.8. The molecule has 2 atom stereocenters. The summed E-state index contributed by atoms with van der Waals surface area (Å²) >= 11 is 0. The van der Waals surface area contributed by atoms with Gasteiger partial charge in [-0.15, -0.1) is 0 Å². The number of hydrogen-bond donors (Lipinski definition) is 1. The first-order chi connectivity index (χ1) is 13.5. The molecule has 2 aromatic rings. The Balaban J connectivity index is 1.42. The highest BCUT2D eigenvalue weighted by atomic mass is 16.5. The molecular formula is C23H28N2O3. The second kappa shape index (κ2) is 9.51. The number of likely N-dealkylation sites (tertiary alicyclic amines) is 1. The first kappa shape index (κ1) is 20.1. The van der Waals surface area contributed by atoms with Crippen LogP contribution in [-0.4, -0.2) is 42.3 Å². The Bertz CT molecular complexity index is 789. The monoisotopic (exact) mass is 380 g/mol. The van der Waals surface area contributed by atoms with E-state index < -0.39 is 0 Å². The van der Waals surface area contributed by atoms with Crippen LogP contribution in [0.4, 0.5) is 0 Å². The summed E-state index contributed by atoms with van der Waals surface area (Å²) in [6, 6.07) is 17.5. The van der Waals surface area contributed by atoms with Crippen molar-refractivity contribution in [3.63, 3.8) is 0 Å². The summed E-state index contributed by atoms with van der Waals surface area (Å²) in [6.45, 7) is 6.57. The van der Waals surface area contributed by atoms with Gasteiger partial charge in [0, 0.05) is 31.2 Å². The van der Waals surface area contributed by atoms with Gasteiger partial charge in [-0.2, -0.15) is 0 Å². The van der Waals surface area contributed by atoms with Gasteiger partial charge in [-0.3, -0.25) is 14.5 Å². The zero-order chi connectivity index (χ0) is 19.9. The smallest absolute Gasteiger partial charge is 0.258 e. The molecule has 0 aromatic heterocycles. The number of benzene rings is 2. The Hall–Kier alpha value is -2.66. The standard InChI is InChI=1S/C23H28N2O3/c1-17-14-25(15-19-6-4-3-5-7-19)13-12-22(17)24-23(27)16-28-21-10-8-20(9-11-21)18(2)26/h3-11,17,22H,12-16H2,1-2H3,(H,24,27)/t17-,22+/m1/s1. The molecule has 0 spiro atoms. The largest absolute Gasteiger partial charge is 0.484 e. The summed E-state index contributed by atoms with van der Waals surface area (Å²) in [5, 5.41) is 3.11. The lowest BCUT2D eigenvalue weighted by Gasteiger charge is -2.37. The zero-order valence-corrected chi connectivity index (χ0v) is 16.6. The molecule has 5 heteroatoms. The lowest BCUT2D eigenvalue weighted by Crippen LogP contribution is -2.50. The fourth-order valence-corrected chi connectivity index (χ4v) is 3.61. The second-order valence-electron chi connectivity index (χ2n) is 7.53. The lowest BCUT2D eigenvalue weighted by atomic mass is 9.93. The van der Waals surface area contributed by atoms with Crippen molar-refractivity contribution >= 4 is 11.7 Å². The molecule has 5 nitrogen and oxygen atoms in total. The fourth-order valence-electron chi connectivity index (χ4n) is 3.61. The minimum absolute atomic E-state index is 0.0110. The highest BCUT2D eigenvalue weighted by molar-refractivity contribution is 5.94. The van der Waals surface area contributed by atoms with Crippen molar-refractivity contribution < 1.29 is 14.3 Å². The van der Waals surface area contributed by atoms with E-state index in [0.29, 0.717) is 17.2 Å². The predicted molar refractivity (Wildman–Crippen MR) is 109 cm³/mol. The number of nitrogens with one attached hydrogen (secondary N) is 1. The van der Waals surface area contributed by atoms with Gasteiger partial charge in [-0.05, 0) is 49.1 Å². The number of piperidine rings is 1. The summed E-state index contributed by atoms with van der Waals surface area (Å²) in [5.41, 5.74) is 1.95. The summed E-state index contributed by atoms with van der Waals surface area (Å²) in [6.07, 6.45) is 0.938. The number of amides is 1. The maximum Gasteiger partial charge on any atom is 0.258 e. The van der Waals surface area contributed by atoms with Gasteiger partial charge in [0.1, 0.15) is 5.75 Å². The average Bonchev–Trinajstić information content (AvgIpc) is 2.69. The number of ether oxygens (including phenoxy) is 1. The molecule has 148 valence electrons. The molecule has 1 aliphatic heterocycles. The molecule has 1 amide bonds. The summed E-state index contributed by atoms with van der Waals surface area (Å²) in [4.78, 5) is 26.0. The molecule has 0 bridgehead atoms. The number of ketones is 1. The molecule has 0 aliphatic carbocycles. The van der Waals surface area contributed by atoms with Crippen molar-refractivity contribution in [1.29, 1.82) is 0 Å². The van der Waals surface area contributed by atoms with Gasteiger partial charge >= 0.3 is 0 Å². The molecule has 0 saturated carbocycles. The van der Waals surface area contributed by atoms with E-state index in [1.165, 1.54) is 12.5 Å². The van der Waals surface area contributed by atoms with Crippen LogP contribution in [0, 0.1) is 5.92 Å². The molecule has 1 saturated heterocycles. The lowest BCUT2D eigenvalue weighted by molar-refractivity contribution is -0.124. The third-order valence-corrected chi connectivity index (χ3v) is 5.22. The number of carbonyl (C=O) groups excluding carboxylic acids is 2. The Morgan fingerprint density at radius 2 is 1.82 bits per heavy atom. The summed E-state index contributed by atoms with van der Waals surface area (Å²) in [5.74, 6) is 0.878. The summed E-state index contributed by atoms with van der Waals surface area (Å²) < 4.78 is 5.55. The maximum atomic E-state index is 12.3. The van der Waals surface area contributed by atoms with Gasteiger partial charge in [-0.25, -0.2) is 0 Å². The Labute approximate surface area is 166 Å². The fraction of sp³-hybridized carbons (Fsp3) is 0.391. The van der Waals surface area contributed by atoms with Gasteiger partial charge < -0.3 is 10.1 Å². The van der Waals surface area contributed by atoms with Crippen LogP contribution in [0.2, 0.25) is 0 Å². The van der Waals surface area contributed by atoms with Crippen molar-refractivity contribution in [3.05, 3.63) is 65.7 Å². The van der Waals surface area contributed by atoms with Crippen molar-refractivity contribution in [1.82, 2.24) is 10.2 Å². The van der Waals surface area contributed by atoms with E-state index in [0.717, 1.165) is 26.1 Å². The number of carbonyl (C=O) groups is 2. The highest BCUT2D eigenvalue weighted by Gasteiger charge is 2.27. The third-order valence-electron chi connectivity index (χ3n) is 5.22. The van der Waals surface area contributed by atoms with Crippen LogP contribution < -0.4 is 10.1 Å². The average molecular weight is 380 g/mol. The number of rotatable bonds is 7. The minimum atomic E-state index is -0.107. The molecule has 3 rings (SSSR count). The van der Waals surface area contributed by atoms with Gasteiger partial charge in [0.2, 0.25) is 0 Å². The van der Waals surface area contributed by atoms with E-state index in [1.807, 2.05) is 6.07 Å². The highest BCUT2D eigenvalue weighted by Crippen LogP contribution is 2.19. The molecule has 2 aromatic carbocycles. The van der Waals surface area contributed by atoms with Gasteiger partial charge in [-0.1, -0.05) is 37.3 Å². The molecular weight excluding hydrogens is 352 g/mol. The van der Waals surface area contributed by atoms with Crippen LogP contribution >= 0.6 is 0 Å². The molecule has 28 heavy (non-hydrogen) atoms. The number of hydrogen-bond acceptors (Lipinski definition) is 4. The predicted octanol–water partition coefficient (Wildman–Crippen LogP) is 3.29. The topological polar surface area (TPSA) is 58.6 Å². The molecule has 1 heterocycles. The van der Waals surface area contributed by atoms with Crippen molar-refractivity contribution in [2.24, 2.45) is 5.92 Å². The van der Waals surface area contributed by atoms with Gasteiger partial charge in [0.25, 0.3) is 5.91 Å². The van der Waals surface area contributed by atoms with Crippen LogP contribution in [0.5, 0.6) is 5.75 Å². The Morgan fingerprint density at radius 3 is 2.46 bits per heavy atom. The first-order valence-corrected chi connectivity index (χ1v) is 9.80. The second-order valence-corrected chi connectivity index (χ2v) is 7.53. The van der Waals surface area contributed by atoms with Crippen LogP contribution in [-0.2, 0) is 11.3 Å². The minimum Gasteiger partial charge on any atom is -0.484 e. The molecule has 1 aliphatic rings. The van der Waals surface area contributed by atoms with Crippen LogP contribution in [0.3, 0.4) is 0 Å². The van der Waals surface area contributed by atoms with E-state index in [-0.39, 0.29) is 24.3 Å². The van der Waals surface area contributed by atoms with E-state index in [1.54, 1.807) is 24.3 Å². The van der Waals surface area contributed by atoms with Crippen molar-refractivity contribution in [2.45, 2.75) is 32.9 Å². The van der Waals surface area contributed by atoms with Gasteiger partial charge in [0.15, 0.2) is 12.4 Å². The number of Topliss-reactive ketones (excluding diaryl/α,β-unsaturated/α-hetero) is 1. The van der Waals surface area contributed by atoms with E-state index in [4.69, 9.17) is 4.74 Å². The van der Waals surface area contributed by atoms with Crippen LogP contribution in [0.15, 0.2) is 54.6 Å². The van der Waals surface area contributed by atoms with E-state index >= 15 is 0 Å². The third kappa shape index (κ3) is 5.67. The Morgan fingerprint density at radius 1 is 1.11 bits per heavy atom. The quantitative estimate of drug-likeness (QED) is 0.749. The Kier molecular flexibility index (Phi) is 6.82. The zero-order valence-electron chi connectivity index (χ0n) is 16.6. The van der Waals surface area contributed by atoms with Crippen molar-refractivity contribution in [3.8, 4) is 5.75 Å². The number of nitrogens with zero attached hydrogens (tertiary/aromatic N) is 1. The van der Waals surface area contributed by atoms with Crippen molar-refractivity contribution in [2.75, 3.05) is 19.7 Å². The van der Waals surface area contributed by atoms with Crippen LogP contribution in [0.1, 0.15) is 36.2 Å². The van der Waals surface area contributed by atoms with E-state index in [2.05, 4.69) is 41.4 Å². The SMILES string of the molecule is CC(=O)c1ccc(OCC(=O)N[C@H]2CCN(Cc3ccccc3)C[C@H]2C)cc1. The molecule has 0 radical (unpaired) electrons. The molecule has 1 fully saturated rings. The van der Waals surface area contributed by atoms with Gasteiger partial charge in [0.05, 0.1) is 0 Å². The van der Waals surface area contributed by atoms with E-state index in [9.17, 15) is 9.59 Å². The maximum absolute atomic E-state index is 12.3. The molecule has 0 unspecified atom stereocenters. The van der Waals surface area contributed by atoms with Crippen LogP contribution in [0.25, 0.3) is 0 Å². The first-order valence-electron chi connectivity index (χ1n) is 9.80. The summed E-state index contributed by atoms with van der Waals surface area (Å²) in [7, 11) is 0.